The van der Waals surface area contributed by atoms with Gasteiger partial charge in [-0.05, 0) is 30.3 Å². The van der Waals surface area contributed by atoms with Crippen LogP contribution < -0.4 is 5.32 Å². The van der Waals surface area contributed by atoms with Crippen LogP contribution in [0.2, 0.25) is 0 Å². The lowest BCUT2D eigenvalue weighted by Gasteiger charge is -2.37. The SMILES string of the molecule is CC1C(Cl)=C2C=NC=C2C2N[C@H](C(=O)O)CCCC12. The second-order valence-electron chi connectivity index (χ2n) is 5.54. The largest absolute Gasteiger partial charge is 0.480 e. The average Bonchev–Trinajstić information content (AvgIpc) is 2.75. The number of carboxylic acid groups (broad SMARTS) is 1. The van der Waals surface area contributed by atoms with E-state index in [1.165, 1.54) is 0 Å². The van der Waals surface area contributed by atoms with E-state index < -0.39 is 12.0 Å². The fraction of sp³-hybridized carbons (Fsp3) is 0.571. The molecule has 19 heavy (non-hydrogen) atoms. The van der Waals surface area contributed by atoms with Gasteiger partial charge >= 0.3 is 5.97 Å². The van der Waals surface area contributed by atoms with Gasteiger partial charge in [-0.25, -0.2) is 0 Å². The second-order valence-corrected chi connectivity index (χ2v) is 5.95. The molecule has 0 radical (unpaired) electrons. The first-order chi connectivity index (χ1) is 9.09. The van der Waals surface area contributed by atoms with E-state index in [1.54, 1.807) is 6.21 Å². The van der Waals surface area contributed by atoms with Crippen LogP contribution in [-0.2, 0) is 4.79 Å². The zero-order chi connectivity index (χ0) is 13.6. The van der Waals surface area contributed by atoms with Crippen molar-refractivity contribution < 1.29 is 9.90 Å². The van der Waals surface area contributed by atoms with Crippen LogP contribution in [0.5, 0.6) is 0 Å². The molecule has 0 aromatic heterocycles. The van der Waals surface area contributed by atoms with E-state index in [0.717, 1.165) is 29.0 Å². The number of hydrogen-bond donors (Lipinski definition) is 2. The molecular weight excluding hydrogens is 264 g/mol. The van der Waals surface area contributed by atoms with Crippen molar-refractivity contribution in [1.82, 2.24) is 5.32 Å². The highest BCUT2D eigenvalue weighted by Crippen LogP contribution is 2.44. The number of rotatable bonds is 1. The molecule has 3 rings (SSSR count). The molecule has 0 bridgehead atoms. The Labute approximate surface area is 117 Å². The number of carbonyl (C=O) groups is 1. The zero-order valence-corrected chi connectivity index (χ0v) is 11.5. The number of hydrogen-bond acceptors (Lipinski definition) is 3. The summed E-state index contributed by atoms with van der Waals surface area (Å²) in [5, 5.41) is 13.4. The quantitative estimate of drug-likeness (QED) is 0.775. The first-order valence-corrected chi connectivity index (χ1v) is 7.09. The number of nitrogens with one attached hydrogen (secondary N) is 1. The average molecular weight is 281 g/mol. The topological polar surface area (TPSA) is 61.7 Å². The maximum absolute atomic E-state index is 11.3. The molecule has 0 aromatic rings. The van der Waals surface area contributed by atoms with Gasteiger partial charge in [0.25, 0.3) is 0 Å². The molecule has 4 nitrogen and oxygen atoms in total. The molecule has 0 spiro atoms. The van der Waals surface area contributed by atoms with Gasteiger partial charge in [0.15, 0.2) is 0 Å². The van der Waals surface area contributed by atoms with E-state index in [0.29, 0.717) is 12.3 Å². The molecule has 2 N–H and O–H groups in total. The third-order valence-electron chi connectivity index (χ3n) is 4.50. The summed E-state index contributed by atoms with van der Waals surface area (Å²) in [7, 11) is 0. The molecule has 0 amide bonds. The van der Waals surface area contributed by atoms with Crippen LogP contribution in [0, 0.1) is 11.8 Å². The number of aliphatic carboxylic acids is 1. The number of aliphatic imine (C=N–C) groups is 1. The van der Waals surface area contributed by atoms with Crippen molar-refractivity contribution in [2.24, 2.45) is 16.8 Å². The van der Waals surface area contributed by atoms with Crippen LogP contribution in [0.3, 0.4) is 0 Å². The molecular formula is C14H17ClN2O2. The summed E-state index contributed by atoms with van der Waals surface area (Å²) < 4.78 is 0. The van der Waals surface area contributed by atoms with Crippen LogP contribution in [-0.4, -0.2) is 29.4 Å². The highest BCUT2D eigenvalue weighted by Gasteiger charge is 2.42. The maximum atomic E-state index is 11.3. The fourth-order valence-corrected chi connectivity index (χ4v) is 3.74. The standard InChI is InChI=1S/C14H17ClN2O2/c1-7-8-3-2-4-11(14(18)19)17-13(8)10-6-16-5-9(10)12(7)15/h5-8,11,13,17H,2-4H2,1H3,(H,18,19)/t7?,8?,11-,13?/m0/s1. The van der Waals surface area contributed by atoms with Gasteiger partial charge in [0, 0.05) is 29.1 Å². The lowest BCUT2D eigenvalue weighted by Crippen LogP contribution is -2.49. The number of nitrogens with zero attached hydrogens (tertiary/aromatic N) is 1. The number of allylic oxidation sites excluding steroid dienone is 1. The Hall–Kier alpha value is -1.13. The molecule has 1 fully saturated rings. The molecule has 2 aliphatic heterocycles. The minimum atomic E-state index is -0.769. The Balaban J connectivity index is 1.98. The first-order valence-electron chi connectivity index (χ1n) is 6.71. The van der Waals surface area contributed by atoms with Crippen LogP contribution in [0.4, 0.5) is 0 Å². The van der Waals surface area contributed by atoms with Crippen molar-refractivity contribution in [1.29, 1.82) is 0 Å². The highest BCUT2D eigenvalue weighted by atomic mass is 35.5. The van der Waals surface area contributed by atoms with E-state index in [4.69, 9.17) is 11.6 Å². The minimum Gasteiger partial charge on any atom is -0.480 e. The number of carboxylic acids is 1. The van der Waals surface area contributed by atoms with Crippen molar-refractivity contribution in [2.45, 2.75) is 38.3 Å². The molecule has 5 heteroatoms. The lowest BCUT2D eigenvalue weighted by atomic mass is 9.74. The van der Waals surface area contributed by atoms with Gasteiger partial charge in [-0.2, -0.15) is 0 Å². The van der Waals surface area contributed by atoms with Crippen molar-refractivity contribution in [3.05, 3.63) is 22.4 Å². The predicted molar refractivity (Wildman–Crippen MR) is 74.3 cm³/mol. The number of halogens is 1. The van der Waals surface area contributed by atoms with Crippen LogP contribution >= 0.6 is 11.6 Å². The molecule has 0 saturated carbocycles. The molecule has 4 atom stereocenters. The van der Waals surface area contributed by atoms with Gasteiger partial charge in [-0.3, -0.25) is 15.1 Å². The van der Waals surface area contributed by atoms with Crippen LogP contribution in [0.15, 0.2) is 27.4 Å². The summed E-state index contributed by atoms with van der Waals surface area (Å²) in [6.07, 6.45) is 6.20. The van der Waals surface area contributed by atoms with Gasteiger partial charge in [0.2, 0.25) is 0 Å². The Morgan fingerprint density at radius 1 is 1.53 bits per heavy atom. The molecule has 3 unspecified atom stereocenters. The van der Waals surface area contributed by atoms with E-state index >= 15 is 0 Å². The van der Waals surface area contributed by atoms with E-state index in [1.807, 2.05) is 6.20 Å². The van der Waals surface area contributed by atoms with E-state index in [2.05, 4.69) is 17.2 Å². The summed E-state index contributed by atoms with van der Waals surface area (Å²) in [4.78, 5) is 15.5. The Morgan fingerprint density at radius 2 is 2.32 bits per heavy atom. The van der Waals surface area contributed by atoms with Gasteiger partial charge in [0.1, 0.15) is 6.04 Å². The fourth-order valence-electron chi connectivity index (χ4n) is 3.42. The molecule has 3 aliphatic rings. The number of fused-ring (bicyclic) bond motifs is 3. The van der Waals surface area contributed by atoms with Gasteiger partial charge in [-0.1, -0.05) is 24.9 Å². The van der Waals surface area contributed by atoms with Crippen molar-refractivity contribution in [3.8, 4) is 0 Å². The van der Waals surface area contributed by atoms with Crippen molar-refractivity contribution in [2.75, 3.05) is 0 Å². The molecule has 2 heterocycles. The third-order valence-corrected chi connectivity index (χ3v) is 5.05. The second kappa shape index (κ2) is 4.76. The summed E-state index contributed by atoms with van der Waals surface area (Å²) in [6, 6.07) is -0.416. The van der Waals surface area contributed by atoms with E-state index in [-0.39, 0.29) is 12.0 Å². The third kappa shape index (κ3) is 2.03. The monoisotopic (exact) mass is 280 g/mol. The van der Waals surface area contributed by atoms with Gasteiger partial charge in [0.05, 0.1) is 0 Å². The van der Waals surface area contributed by atoms with Crippen LogP contribution in [0.25, 0.3) is 0 Å². The smallest absolute Gasteiger partial charge is 0.320 e. The van der Waals surface area contributed by atoms with Crippen molar-refractivity contribution >= 4 is 23.8 Å². The Kier molecular flexibility index (Phi) is 3.23. The molecule has 0 aromatic carbocycles. The Morgan fingerprint density at radius 3 is 3.05 bits per heavy atom. The Bertz CT molecular complexity index is 510. The molecule has 1 aliphatic carbocycles. The van der Waals surface area contributed by atoms with E-state index in [9.17, 15) is 9.90 Å². The maximum Gasteiger partial charge on any atom is 0.320 e. The van der Waals surface area contributed by atoms with Gasteiger partial charge < -0.3 is 5.11 Å². The zero-order valence-electron chi connectivity index (χ0n) is 10.8. The normalized spacial score (nSPS) is 37.5. The molecule has 1 saturated heterocycles. The minimum absolute atomic E-state index is 0.0543. The lowest BCUT2D eigenvalue weighted by molar-refractivity contribution is -0.139. The highest BCUT2D eigenvalue weighted by molar-refractivity contribution is 6.32. The summed E-state index contributed by atoms with van der Waals surface area (Å²) in [5.74, 6) is -0.160. The predicted octanol–water partition coefficient (Wildman–Crippen LogP) is 2.31. The van der Waals surface area contributed by atoms with Crippen molar-refractivity contribution in [3.63, 3.8) is 0 Å². The molecule has 102 valence electrons. The summed E-state index contributed by atoms with van der Waals surface area (Å²) in [6.45, 7) is 2.12. The van der Waals surface area contributed by atoms with Gasteiger partial charge in [-0.15, -0.1) is 0 Å². The first kappa shape index (κ1) is 12.9. The van der Waals surface area contributed by atoms with Crippen LogP contribution in [0.1, 0.15) is 26.2 Å². The summed E-state index contributed by atoms with van der Waals surface area (Å²) in [5.41, 5.74) is 2.04. The summed E-state index contributed by atoms with van der Waals surface area (Å²) >= 11 is 6.44.